The predicted molar refractivity (Wildman–Crippen MR) is 70.1 cm³/mol. The lowest BCUT2D eigenvalue weighted by Gasteiger charge is -2.15. The van der Waals surface area contributed by atoms with E-state index in [-0.39, 0.29) is 11.9 Å². The number of amides is 1. The quantitative estimate of drug-likeness (QED) is 0.858. The van der Waals surface area contributed by atoms with Crippen molar-refractivity contribution in [2.45, 2.75) is 31.8 Å². The van der Waals surface area contributed by atoms with Crippen LogP contribution in [0.5, 0.6) is 11.5 Å². The van der Waals surface area contributed by atoms with Crippen molar-refractivity contribution < 1.29 is 14.3 Å². The van der Waals surface area contributed by atoms with Crippen LogP contribution in [0.15, 0.2) is 18.2 Å². The number of hydrogen-bond acceptors (Lipinski definition) is 4. The number of hydrogen-bond donors (Lipinski definition) is 2. The minimum absolute atomic E-state index is 0.140. The first-order valence-corrected chi connectivity index (χ1v) is 6.70. The number of fused-ring (bicyclic) bond motifs is 1. The van der Waals surface area contributed by atoms with Crippen LogP contribution >= 0.6 is 0 Å². The summed E-state index contributed by atoms with van der Waals surface area (Å²) in [6.45, 7) is 1.84. The first-order chi connectivity index (χ1) is 9.31. The van der Waals surface area contributed by atoms with Crippen LogP contribution in [0.3, 0.4) is 0 Å². The lowest BCUT2D eigenvalue weighted by Crippen LogP contribution is -2.32. The summed E-state index contributed by atoms with van der Waals surface area (Å²) in [5, 5.41) is 6.33. The summed E-state index contributed by atoms with van der Waals surface area (Å²) in [6, 6.07) is 6.20. The molecule has 3 rings (SSSR count). The normalized spacial score (nSPS) is 21.9. The summed E-state index contributed by atoms with van der Waals surface area (Å²) in [5.41, 5.74) is 1.15. The van der Waals surface area contributed by atoms with Gasteiger partial charge in [-0.15, -0.1) is 0 Å². The highest BCUT2D eigenvalue weighted by atomic mass is 16.7. The van der Waals surface area contributed by atoms with Gasteiger partial charge in [0, 0.05) is 25.6 Å². The molecule has 1 atom stereocenters. The second-order valence-corrected chi connectivity index (χ2v) is 4.96. The Morgan fingerprint density at radius 1 is 1.32 bits per heavy atom. The van der Waals surface area contributed by atoms with Gasteiger partial charge < -0.3 is 20.1 Å². The minimum Gasteiger partial charge on any atom is -0.454 e. The number of rotatable bonds is 3. The van der Waals surface area contributed by atoms with Crippen molar-refractivity contribution in [2.24, 2.45) is 0 Å². The van der Waals surface area contributed by atoms with Crippen LogP contribution in [-0.2, 0) is 11.3 Å². The average molecular weight is 262 g/mol. The van der Waals surface area contributed by atoms with Crippen molar-refractivity contribution in [1.29, 1.82) is 0 Å². The number of ether oxygens (including phenoxy) is 2. The van der Waals surface area contributed by atoms with Gasteiger partial charge in [0.15, 0.2) is 11.5 Å². The molecule has 2 aliphatic rings. The fourth-order valence-electron chi connectivity index (χ4n) is 2.46. The Labute approximate surface area is 112 Å². The van der Waals surface area contributed by atoms with E-state index in [0.717, 1.165) is 43.0 Å². The number of benzene rings is 1. The van der Waals surface area contributed by atoms with E-state index >= 15 is 0 Å². The molecule has 0 aliphatic carbocycles. The maximum Gasteiger partial charge on any atom is 0.231 e. The first-order valence-electron chi connectivity index (χ1n) is 6.70. The van der Waals surface area contributed by atoms with Gasteiger partial charge in [-0.05, 0) is 30.5 Å². The number of carbonyl (C=O) groups excluding carboxylic acids is 1. The van der Waals surface area contributed by atoms with Crippen LogP contribution in [0.1, 0.15) is 24.8 Å². The van der Waals surface area contributed by atoms with Crippen molar-refractivity contribution in [2.75, 3.05) is 13.3 Å². The third-order valence-corrected chi connectivity index (χ3v) is 3.52. The van der Waals surface area contributed by atoms with E-state index in [1.165, 1.54) is 0 Å². The van der Waals surface area contributed by atoms with Gasteiger partial charge in [0.25, 0.3) is 0 Å². The van der Waals surface area contributed by atoms with E-state index in [2.05, 4.69) is 10.6 Å². The topological polar surface area (TPSA) is 59.6 Å². The number of carbonyl (C=O) groups is 1. The molecular formula is C14H18N2O3. The highest BCUT2D eigenvalue weighted by molar-refractivity contribution is 5.76. The maximum atomic E-state index is 11.5. The SMILES string of the molecule is O=C1CC(NCc2ccc3c(c2)OCO3)CCCN1. The monoisotopic (exact) mass is 262 g/mol. The Morgan fingerprint density at radius 2 is 2.21 bits per heavy atom. The molecule has 0 saturated carbocycles. The van der Waals surface area contributed by atoms with Gasteiger partial charge in [-0.25, -0.2) is 0 Å². The highest BCUT2D eigenvalue weighted by Gasteiger charge is 2.17. The maximum absolute atomic E-state index is 11.5. The zero-order chi connectivity index (χ0) is 13.1. The van der Waals surface area contributed by atoms with Crippen molar-refractivity contribution >= 4 is 5.91 Å². The molecule has 0 radical (unpaired) electrons. The van der Waals surface area contributed by atoms with Gasteiger partial charge in [0.1, 0.15) is 0 Å². The molecule has 0 spiro atoms. The van der Waals surface area contributed by atoms with Gasteiger partial charge in [-0.1, -0.05) is 6.07 Å². The first kappa shape index (κ1) is 12.3. The Balaban J connectivity index is 1.58. The molecule has 1 unspecified atom stereocenters. The van der Waals surface area contributed by atoms with Gasteiger partial charge in [0.05, 0.1) is 0 Å². The smallest absolute Gasteiger partial charge is 0.231 e. The van der Waals surface area contributed by atoms with Crippen LogP contribution in [0, 0.1) is 0 Å². The molecule has 5 heteroatoms. The Morgan fingerprint density at radius 3 is 3.16 bits per heavy atom. The summed E-state index contributed by atoms with van der Waals surface area (Å²) in [5.74, 6) is 1.75. The zero-order valence-electron chi connectivity index (χ0n) is 10.8. The molecule has 1 saturated heterocycles. The molecule has 1 amide bonds. The van der Waals surface area contributed by atoms with E-state index in [0.29, 0.717) is 13.2 Å². The molecule has 1 aromatic carbocycles. The molecule has 19 heavy (non-hydrogen) atoms. The molecule has 2 heterocycles. The molecular weight excluding hydrogens is 244 g/mol. The average Bonchev–Trinajstić information content (AvgIpc) is 2.78. The van der Waals surface area contributed by atoms with Crippen LogP contribution in [0.25, 0.3) is 0 Å². The van der Waals surface area contributed by atoms with Crippen LogP contribution in [-0.4, -0.2) is 25.3 Å². The lowest BCUT2D eigenvalue weighted by molar-refractivity contribution is -0.121. The number of nitrogens with one attached hydrogen (secondary N) is 2. The van der Waals surface area contributed by atoms with Crippen LogP contribution < -0.4 is 20.1 Å². The van der Waals surface area contributed by atoms with Crippen LogP contribution in [0.4, 0.5) is 0 Å². The predicted octanol–water partition coefficient (Wildman–Crippen LogP) is 1.17. The van der Waals surface area contributed by atoms with Crippen molar-refractivity contribution in [1.82, 2.24) is 10.6 Å². The van der Waals surface area contributed by atoms with E-state index < -0.39 is 0 Å². The van der Waals surface area contributed by atoms with E-state index in [4.69, 9.17) is 9.47 Å². The largest absolute Gasteiger partial charge is 0.454 e. The Kier molecular flexibility index (Phi) is 3.55. The highest BCUT2D eigenvalue weighted by Crippen LogP contribution is 2.32. The molecule has 1 aromatic rings. The summed E-state index contributed by atoms with van der Waals surface area (Å²) in [7, 11) is 0. The van der Waals surface area contributed by atoms with Crippen LogP contribution in [0.2, 0.25) is 0 Å². The van der Waals surface area contributed by atoms with E-state index in [9.17, 15) is 4.79 Å². The Bertz CT molecular complexity index is 476. The molecule has 102 valence electrons. The summed E-state index contributed by atoms with van der Waals surface area (Å²) in [6.07, 6.45) is 2.62. The van der Waals surface area contributed by atoms with Gasteiger partial charge in [0.2, 0.25) is 12.7 Å². The second kappa shape index (κ2) is 5.48. The van der Waals surface area contributed by atoms with Crippen molar-refractivity contribution in [3.8, 4) is 11.5 Å². The molecule has 2 aliphatic heterocycles. The third kappa shape index (κ3) is 2.98. The van der Waals surface area contributed by atoms with Gasteiger partial charge >= 0.3 is 0 Å². The fraction of sp³-hybridized carbons (Fsp3) is 0.500. The van der Waals surface area contributed by atoms with E-state index in [1.807, 2.05) is 18.2 Å². The van der Waals surface area contributed by atoms with Crippen molar-refractivity contribution in [3.63, 3.8) is 0 Å². The van der Waals surface area contributed by atoms with Crippen molar-refractivity contribution in [3.05, 3.63) is 23.8 Å². The van der Waals surface area contributed by atoms with E-state index in [1.54, 1.807) is 0 Å². The minimum atomic E-state index is 0.140. The standard InChI is InChI=1S/C14H18N2O3/c17-14-7-11(2-1-5-15-14)16-8-10-3-4-12-13(6-10)19-9-18-12/h3-4,6,11,16H,1-2,5,7-9H2,(H,15,17). The van der Waals surface area contributed by atoms with Gasteiger partial charge in [-0.3, -0.25) is 4.79 Å². The molecule has 2 N–H and O–H groups in total. The molecule has 0 bridgehead atoms. The third-order valence-electron chi connectivity index (χ3n) is 3.52. The lowest BCUT2D eigenvalue weighted by atomic mass is 10.1. The zero-order valence-corrected chi connectivity index (χ0v) is 10.8. The second-order valence-electron chi connectivity index (χ2n) is 4.96. The van der Waals surface area contributed by atoms with Gasteiger partial charge in [-0.2, -0.15) is 0 Å². The Hall–Kier alpha value is -1.75. The fourth-order valence-corrected chi connectivity index (χ4v) is 2.46. The molecule has 1 fully saturated rings. The summed E-state index contributed by atoms with van der Waals surface area (Å²) < 4.78 is 10.6. The molecule has 0 aromatic heterocycles. The summed E-state index contributed by atoms with van der Waals surface area (Å²) in [4.78, 5) is 11.5. The molecule has 5 nitrogen and oxygen atoms in total. The summed E-state index contributed by atoms with van der Waals surface area (Å²) >= 11 is 0.